The molecule has 190 valence electrons. The summed E-state index contributed by atoms with van der Waals surface area (Å²) in [4.78, 5) is 19.9. The van der Waals surface area contributed by atoms with Gasteiger partial charge in [-0.15, -0.1) is 0 Å². The van der Waals surface area contributed by atoms with E-state index in [0.29, 0.717) is 42.0 Å². The molecule has 0 atom stereocenters. The Balaban J connectivity index is 0.000000803. The molecule has 0 amide bonds. The third kappa shape index (κ3) is 8.22. The zero-order valence-electron chi connectivity index (χ0n) is 21.1. The number of aromatic nitrogens is 4. The summed E-state index contributed by atoms with van der Waals surface area (Å²) in [6, 6.07) is 3.34. The van der Waals surface area contributed by atoms with E-state index in [-0.39, 0.29) is 18.3 Å². The van der Waals surface area contributed by atoms with Gasteiger partial charge < -0.3 is 15.7 Å². The van der Waals surface area contributed by atoms with Gasteiger partial charge in [0.25, 0.3) is 0 Å². The summed E-state index contributed by atoms with van der Waals surface area (Å²) < 4.78 is 16.6. The second-order valence-corrected chi connectivity index (χ2v) is 8.08. The Morgan fingerprint density at radius 2 is 1.83 bits per heavy atom. The third-order valence-electron chi connectivity index (χ3n) is 5.49. The molecule has 3 aromatic rings. The highest BCUT2D eigenvalue weighted by molar-refractivity contribution is 5.75. The van der Waals surface area contributed by atoms with Crippen molar-refractivity contribution >= 4 is 17.9 Å². The predicted octanol–water partition coefficient (Wildman–Crippen LogP) is 4.28. The molecule has 0 unspecified atom stereocenters. The standard InChI is InChI=1S/C22H24FN5O2.C2H7N.C2H6/c23-21-18(8-16(14-30)9-20(21)17-2-1-3-17)5-4-15-10-24-22(25-11-15)27-19-12-26-28(13-19)6-7-29;1-3-2;1-2/h8-14,17,29H,1-7H2,(H,24,25,27);3H,1-2H3;1-2H3. The number of aldehydes is 1. The average molecular weight is 485 g/mol. The molecular formula is C26H37FN6O2. The molecule has 0 spiro atoms. The van der Waals surface area contributed by atoms with Crippen LogP contribution in [0.5, 0.6) is 0 Å². The van der Waals surface area contributed by atoms with E-state index in [2.05, 4.69) is 25.7 Å². The number of carbonyl (C=O) groups is 1. The van der Waals surface area contributed by atoms with Crippen LogP contribution >= 0.6 is 0 Å². The van der Waals surface area contributed by atoms with Crippen LogP contribution in [0.4, 0.5) is 16.0 Å². The Morgan fingerprint density at radius 1 is 1.14 bits per heavy atom. The lowest BCUT2D eigenvalue weighted by atomic mass is 9.78. The monoisotopic (exact) mass is 484 g/mol. The Labute approximate surface area is 207 Å². The number of aliphatic hydroxyl groups is 1. The Kier molecular flexibility index (Phi) is 12.0. The molecule has 1 saturated carbocycles. The zero-order chi connectivity index (χ0) is 25.6. The minimum absolute atomic E-state index is 0.0187. The molecule has 0 radical (unpaired) electrons. The topological polar surface area (TPSA) is 105 Å². The van der Waals surface area contributed by atoms with Gasteiger partial charge in [-0.3, -0.25) is 9.48 Å². The van der Waals surface area contributed by atoms with Gasteiger partial charge in [-0.05, 0) is 74.5 Å². The van der Waals surface area contributed by atoms with Gasteiger partial charge in [0.1, 0.15) is 12.1 Å². The maximum absolute atomic E-state index is 14.9. The summed E-state index contributed by atoms with van der Waals surface area (Å²) in [6.45, 7) is 4.44. The lowest BCUT2D eigenvalue weighted by Crippen LogP contribution is -2.13. The number of rotatable bonds is 9. The molecule has 2 heterocycles. The molecule has 1 aromatic carbocycles. The summed E-state index contributed by atoms with van der Waals surface area (Å²) >= 11 is 0. The third-order valence-corrected chi connectivity index (χ3v) is 5.49. The zero-order valence-corrected chi connectivity index (χ0v) is 21.1. The Morgan fingerprint density at radius 3 is 2.40 bits per heavy atom. The lowest BCUT2D eigenvalue weighted by Gasteiger charge is -2.27. The van der Waals surface area contributed by atoms with Crippen molar-refractivity contribution in [3.63, 3.8) is 0 Å². The number of anilines is 2. The second kappa shape index (κ2) is 15.0. The van der Waals surface area contributed by atoms with Gasteiger partial charge >= 0.3 is 0 Å². The highest BCUT2D eigenvalue weighted by atomic mass is 19.1. The van der Waals surface area contributed by atoms with E-state index in [1.807, 2.05) is 27.9 Å². The number of nitrogens with zero attached hydrogens (tertiary/aromatic N) is 4. The van der Waals surface area contributed by atoms with Crippen LogP contribution in [0.2, 0.25) is 0 Å². The maximum Gasteiger partial charge on any atom is 0.227 e. The molecule has 0 saturated heterocycles. The first-order valence-corrected chi connectivity index (χ1v) is 12.1. The summed E-state index contributed by atoms with van der Waals surface area (Å²) in [5, 5.41) is 18.9. The van der Waals surface area contributed by atoms with Crippen LogP contribution in [0.25, 0.3) is 0 Å². The van der Waals surface area contributed by atoms with E-state index >= 15 is 0 Å². The van der Waals surface area contributed by atoms with Crippen molar-refractivity contribution in [2.45, 2.75) is 58.4 Å². The van der Waals surface area contributed by atoms with Gasteiger partial charge in [0.2, 0.25) is 5.95 Å². The second-order valence-electron chi connectivity index (χ2n) is 8.08. The van der Waals surface area contributed by atoms with Crippen molar-refractivity contribution in [3.05, 3.63) is 65.0 Å². The number of hydrogen-bond acceptors (Lipinski definition) is 7. The van der Waals surface area contributed by atoms with Gasteiger partial charge in [0.15, 0.2) is 0 Å². The molecule has 1 aliphatic rings. The van der Waals surface area contributed by atoms with Crippen molar-refractivity contribution in [3.8, 4) is 0 Å². The van der Waals surface area contributed by atoms with Crippen molar-refractivity contribution in [2.24, 2.45) is 0 Å². The molecule has 0 bridgehead atoms. The quantitative estimate of drug-likeness (QED) is 0.390. The fraction of sp³-hybridized carbons (Fsp3) is 0.462. The van der Waals surface area contributed by atoms with Crippen LogP contribution in [-0.4, -0.2) is 51.8 Å². The van der Waals surface area contributed by atoms with E-state index in [1.54, 1.807) is 41.6 Å². The lowest BCUT2D eigenvalue weighted by molar-refractivity contribution is 0.112. The van der Waals surface area contributed by atoms with Gasteiger partial charge in [-0.1, -0.05) is 20.3 Å². The molecular weight excluding hydrogens is 447 g/mol. The first-order valence-electron chi connectivity index (χ1n) is 12.1. The Bertz CT molecular complexity index is 1030. The van der Waals surface area contributed by atoms with E-state index in [9.17, 15) is 9.18 Å². The van der Waals surface area contributed by atoms with E-state index in [1.165, 1.54) is 0 Å². The van der Waals surface area contributed by atoms with Gasteiger partial charge in [0.05, 0.1) is 25.0 Å². The highest BCUT2D eigenvalue weighted by Crippen LogP contribution is 2.38. The minimum Gasteiger partial charge on any atom is -0.394 e. The number of aliphatic hydroxyl groups excluding tert-OH is 1. The highest BCUT2D eigenvalue weighted by Gasteiger charge is 2.24. The van der Waals surface area contributed by atoms with Gasteiger partial charge in [-0.25, -0.2) is 14.4 Å². The summed E-state index contributed by atoms with van der Waals surface area (Å²) in [6.07, 6.45) is 11.8. The van der Waals surface area contributed by atoms with Crippen molar-refractivity contribution in [2.75, 3.05) is 26.0 Å². The number of benzene rings is 1. The van der Waals surface area contributed by atoms with Crippen LogP contribution in [-0.2, 0) is 19.4 Å². The summed E-state index contributed by atoms with van der Waals surface area (Å²) in [5.41, 5.74) is 3.40. The molecule has 2 aromatic heterocycles. The number of halogens is 1. The van der Waals surface area contributed by atoms with Crippen LogP contribution in [0.1, 0.15) is 66.1 Å². The molecule has 35 heavy (non-hydrogen) atoms. The first-order chi connectivity index (χ1) is 17.1. The molecule has 8 nitrogen and oxygen atoms in total. The fourth-order valence-electron chi connectivity index (χ4n) is 3.61. The molecule has 1 aliphatic carbocycles. The predicted molar refractivity (Wildman–Crippen MR) is 137 cm³/mol. The average Bonchev–Trinajstić information content (AvgIpc) is 3.28. The van der Waals surface area contributed by atoms with Crippen LogP contribution in [0, 0.1) is 5.82 Å². The molecule has 1 fully saturated rings. The largest absolute Gasteiger partial charge is 0.394 e. The maximum atomic E-state index is 14.9. The van der Waals surface area contributed by atoms with Crippen molar-refractivity contribution in [1.29, 1.82) is 0 Å². The van der Waals surface area contributed by atoms with Crippen LogP contribution in [0.3, 0.4) is 0 Å². The fourth-order valence-corrected chi connectivity index (χ4v) is 3.61. The van der Waals surface area contributed by atoms with E-state index in [4.69, 9.17) is 5.11 Å². The minimum atomic E-state index is -0.176. The number of nitrogens with one attached hydrogen (secondary N) is 2. The molecule has 0 aliphatic heterocycles. The molecule has 9 heteroatoms. The molecule has 3 N–H and O–H groups in total. The van der Waals surface area contributed by atoms with E-state index < -0.39 is 0 Å². The molecule has 4 rings (SSSR count). The first kappa shape index (κ1) is 28.1. The van der Waals surface area contributed by atoms with Crippen LogP contribution < -0.4 is 10.6 Å². The van der Waals surface area contributed by atoms with Gasteiger partial charge in [0, 0.05) is 24.2 Å². The Hall–Kier alpha value is -3.17. The van der Waals surface area contributed by atoms with Crippen molar-refractivity contribution < 1.29 is 14.3 Å². The normalized spacial score (nSPS) is 12.5. The summed E-state index contributed by atoms with van der Waals surface area (Å²) in [7, 11) is 3.75. The van der Waals surface area contributed by atoms with Crippen molar-refractivity contribution in [1.82, 2.24) is 25.1 Å². The smallest absolute Gasteiger partial charge is 0.227 e. The van der Waals surface area contributed by atoms with Crippen LogP contribution in [0.15, 0.2) is 36.9 Å². The van der Waals surface area contributed by atoms with E-state index in [0.717, 1.165) is 36.8 Å². The number of aryl methyl sites for hydroxylation is 2. The van der Waals surface area contributed by atoms with Gasteiger partial charge in [-0.2, -0.15) is 5.10 Å². The number of carbonyl (C=O) groups excluding carboxylic acids is 1. The summed E-state index contributed by atoms with van der Waals surface area (Å²) in [5.74, 6) is 0.493. The number of hydrogen-bond donors (Lipinski definition) is 3. The SMILES string of the molecule is CC.CNC.O=Cc1cc(CCc2cnc(Nc3cnn(CCO)c3)nc2)c(F)c(C2CCC2)c1.